The molecule has 3 amide bonds. The van der Waals surface area contributed by atoms with Gasteiger partial charge in [0.15, 0.2) is 0 Å². The van der Waals surface area contributed by atoms with Crippen LogP contribution in [0.15, 0.2) is 29.8 Å². The van der Waals surface area contributed by atoms with Crippen molar-refractivity contribution in [2.75, 3.05) is 311 Å². The van der Waals surface area contributed by atoms with Gasteiger partial charge < -0.3 is 135 Å². The number of halogens is 1. The number of ether oxygens (including phenoxy) is 23. The fourth-order valence-corrected chi connectivity index (χ4v) is 10.1. The number of aromatic nitrogens is 1. The maximum Gasteiger partial charge on any atom is 0.306 e. The van der Waals surface area contributed by atoms with Crippen molar-refractivity contribution in [2.45, 2.75) is 71.2 Å². The molecule has 0 bridgehead atoms. The normalized spacial score (nSPS) is 14.4. The summed E-state index contributed by atoms with van der Waals surface area (Å²) in [7, 11) is 1.64. The molecule has 1 unspecified atom stereocenters. The molecule has 1 aliphatic rings. The van der Waals surface area contributed by atoms with Crippen LogP contribution < -0.4 is 16.4 Å². The Morgan fingerprint density at radius 2 is 0.804 bits per heavy atom. The van der Waals surface area contributed by atoms with E-state index in [1.54, 1.807) is 12.6 Å². The molecule has 1 fully saturated rings. The van der Waals surface area contributed by atoms with Crippen LogP contribution in [0.3, 0.4) is 0 Å². The van der Waals surface area contributed by atoms with Crippen molar-refractivity contribution >= 4 is 47.4 Å². The number of rotatable bonds is 76. The van der Waals surface area contributed by atoms with E-state index in [1.165, 1.54) is 16.2 Å². The molecule has 2 heterocycles. The van der Waals surface area contributed by atoms with Gasteiger partial charge in [-0.05, 0) is 23.5 Å². The van der Waals surface area contributed by atoms with Crippen molar-refractivity contribution in [3.8, 4) is 10.4 Å². The van der Waals surface area contributed by atoms with Gasteiger partial charge in [0, 0.05) is 33.0 Å². The molecule has 1 saturated heterocycles. The fourth-order valence-electron chi connectivity index (χ4n) is 9.25. The number of β-amino-alcohol motifs (C(OH)–C–C–N with tert-alkyl or cyclic N) is 1. The van der Waals surface area contributed by atoms with E-state index in [1.807, 2.05) is 52.0 Å². The lowest BCUT2D eigenvalue weighted by Gasteiger charge is -2.33. The van der Waals surface area contributed by atoms with Crippen LogP contribution in [0.2, 0.25) is 0 Å². The van der Waals surface area contributed by atoms with Crippen LogP contribution in [-0.4, -0.2) is 368 Å². The van der Waals surface area contributed by atoms with Gasteiger partial charge in [0.05, 0.1) is 325 Å². The average Bonchev–Trinajstić information content (AvgIpc) is 1.71. The lowest BCUT2D eigenvalue weighted by molar-refractivity contribution is -0.146. The Labute approximate surface area is 643 Å². The summed E-state index contributed by atoms with van der Waals surface area (Å²) < 4.78 is 126. The number of amides is 3. The van der Waals surface area contributed by atoms with Gasteiger partial charge in [0.2, 0.25) is 17.7 Å². The molecule has 0 spiro atoms. The molecule has 33 nitrogen and oxygen atoms in total. The molecule has 622 valence electrons. The highest BCUT2D eigenvalue weighted by atomic mass is 35.5. The molecule has 5 N–H and O–H groups in total. The van der Waals surface area contributed by atoms with Crippen molar-refractivity contribution in [3.05, 3.63) is 41.0 Å². The van der Waals surface area contributed by atoms with Crippen LogP contribution in [-0.2, 0) is 128 Å². The predicted molar refractivity (Wildman–Crippen MR) is 396 cm³/mol. The Balaban J connectivity index is 0.0000389. The highest BCUT2D eigenvalue weighted by molar-refractivity contribution is 7.13. The number of aryl methyl sites for hydroxylation is 1. The smallest absolute Gasteiger partial charge is 0.306 e. The molecular formula is C72H128ClN5O28S. The summed E-state index contributed by atoms with van der Waals surface area (Å²) in [5, 5.41) is 16.2. The number of likely N-dealkylation sites (tertiary alicyclic amines) is 1. The summed E-state index contributed by atoms with van der Waals surface area (Å²) >= 11 is 1.51. The van der Waals surface area contributed by atoms with Gasteiger partial charge in [-0.25, -0.2) is 4.98 Å². The van der Waals surface area contributed by atoms with Crippen LogP contribution >= 0.6 is 23.7 Å². The summed E-state index contributed by atoms with van der Waals surface area (Å²) in [5.41, 5.74) is 9.93. The molecule has 0 radical (unpaired) electrons. The number of methoxy groups -OCH3 is 1. The first-order valence-electron chi connectivity index (χ1n) is 36.9. The fraction of sp³-hybridized carbons (Fsp3) is 0.819. The zero-order chi connectivity index (χ0) is 76.3. The molecule has 107 heavy (non-hydrogen) atoms. The number of aliphatic hydroxyl groups is 1. The van der Waals surface area contributed by atoms with Gasteiger partial charge >= 0.3 is 5.97 Å². The molecule has 4 atom stereocenters. The standard InChI is InChI=1S/C72H127N5O28S.ClH/c1-60-68(106-59-75-60)62-8-6-61(7-9-62)64(76-70(81)65-56-63(78)57-77(65)71(82)69(73)72(2,3)4)58-105-67(80)11-10-66(79)74-12-13-84-16-17-86-20-21-88-24-25-90-28-29-92-32-33-94-36-37-96-40-41-98-44-45-100-48-49-102-52-53-104-55-54-103-51-50-101-47-46-99-43-42-97-39-38-95-35-34-93-31-30-91-27-26-89-23-22-87-19-18-85-15-14-83-5;/h6-9,59,63-65,69,78H,10-58,73H2,1-5H3,(H,74,79)(H,76,81);1H/t63-,64?,65+,69-;/m1./s1. The number of carbonyl (C=O) groups excluding carboxylic acids is 4. The van der Waals surface area contributed by atoms with Crippen molar-refractivity contribution in [1.29, 1.82) is 0 Å². The average molecular weight is 1580 g/mol. The number of nitrogens with zero attached hydrogens (tertiary/aromatic N) is 2. The Kier molecular flexibility index (Phi) is 64.8. The molecule has 1 aromatic heterocycles. The third-order valence-electron chi connectivity index (χ3n) is 15.1. The summed E-state index contributed by atoms with van der Waals surface area (Å²) in [6, 6.07) is 4.76. The largest absolute Gasteiger partial charge is 0.463 e. The Morgan fingerprint density at radius 1 is 0.495 bits per heavy atom. The minimum absolute atomic E-state index is 0. The van der Waals surface area contributed by atoms with Crippen molar-refractivity contribution < 1.29 is 133 Å². The summed E-state index contributed by atoms with van der Waals surface area (Å²) in [6.07, 6.45) is -1.19. The highest BCUT2D eigenvalue weighted by Gasteiger charge is 2.43. The first-order valence-corrected chi connectivity index (χ1v) is 37.8. The lowest BCUT2D eigenvalue weighted by Crippen LogP contribution is -2.55. The van der Waals surface area contributed by atoms with E-state index in [0.717, 1.165) is 16.1 Å². The summed E-state index contributed by atoms with van der Waals surface area (Å²) in [6.45, 7) is 27.3. The van der Waals surface area contributed by atoms with Gasteiger partial charge in [0.25, 0.3) is 0 Å². The third-order valence-corrected chi connectivity index (χ3v) is 16.1. The van der Waals surface area contributed by atoms with Gasteiger partial charge in [-0.2, -0.15) is 0 Å². The van der Waals surface area contributed by atoms with Crippen LogP contribution in [0.4, 0.5) is 0 Å². The van der Waals surface area contributed by atoms with E-state index >= 15 is 0 Å². The quantitative estimate of drug-likeness (QED) is 0.0546. The molecule has 3 rings (SSSR count). The number of aliphatic hydroxyl groups excluding tert-OH is 1. The highest BCUT2D eigenvalue weighted by Crippen LogP contribution is 2.30. The van der Waals surface area contributed by atoms with Crippen molar-refractivity contribution in [3.63, 3.8) is 0 Å². The van der Waals surface area contributed by atoms with Gasteiger partial charge in [-0.15, -0.1) is 23.7 Å². The van der Waals surface area contributed by atoms with Crippen molar-refractivity contribution in [2.24, 2.45) is 11.1 Å². The molecule has 1 aliphatic heterocycles. The number of nitrogens with one attached hydrogen (secondary N) is 2. The lowest BCUT2D eigenvalue weighted by atomic mass is 9.86. The zero-order valence-electron chi connectivity index (χ0n) is 64.1. The van der Waals surface area contributed by atoms with E-state index in [2.05, 4.69) is 15.6 Å². The number of nitrogens with two attached hydrogens (primary N) is 1. The number of carbonyl (C=O) groups is 4. The second kappa shape index (κ2) is 70.0. The first-order chi connectivity index (χ1) is 51.8. The van der Waals surface area contributed by atoms with E-state index in [4.69, 9.17) is 115 Å². The number of hydrogen-bond donors (Lipinski definition) is 4. The molecular weight excluding hydrogens is 1450 g/mol. The maximum absolute atomic E-state index is 13.8. The molecule has 0 aliphatic carbocycles. The van der Waals surface area contributed by atoms with Gasteiger partial charge in [-0.3, -0.25) is 19.2 Å². The van der Waals surface area contributed by atoms with E-state index in [0.29, 0.717) is 283 Å². The SMILES string of the molecule is COCCOCCOCCOCCOCCOCCOCCOCCOCCOCCOCCOCCOCCOCCOCCOCCOCCOCCOCCOCCOCCOCCNC(=O)CCC(=O)OCC(NC(=O)[C@@H]1C[C@@H](O)CN1C(=O)[C@@H](N)C(C)(C)C)c1ccc(-c2scnc2C)cc1.Cl. The Morgan fingerprint density at radius 3 is 1.09 bits per heavy atom. The van der Waals surface area contributed by atoms with E-state index < -0.39 is 47.4 Å². The van der Waals surface area contributed by atoms with Gasteiger partial charge in [0.1, 0.15) is 12.6 Å². The zero-order valence-corrected chi connectivity index (χ0v) is 65.7. The number of benzene rings is 1. The van der Waals surface area contributed by atoms with Crippen LogP contribution in [0.5, 0.6) is 0 Å². The number of hydrogen-bond acceptors (Lipinski definition) is 31. The van der Waals surface area contributed by atoms with Crippen molar-refractivity contribution in [1.82, 2.24) is 20.5 Å². The molecule has 0 saturated carbocycles. The minimum atomic E-state index is -0.982. The van der Waals surface area contributed by atoms with Crippen LogP contribution in [0.1, 0.15) is 57.3 Å². The monoisotopic (exact) mass is 1580 g/mol. The Bertz CT molecular complexity index is 2400. The first kappa shape index (κ1) is 99.1. The van der Waals surface area contributed by atoms with Gasteiger partial charge in [-0.1, -0.05) is 45.0 Å². The predicted octanol–water partition coefficient (Wildman–Crippen LogP) is 2.47. The molecule has 2 aromatic rings. The minimum Gasteiger partial charge on any atom is -0.463 e. The van der Waals surface area contributed by atoms with E-state index in [-0.39, 0.29) is 63.9 Å². The summed E-state index contributed by atoms with van der Waals surface area (Å²) in [4.78, 5) is 59.3. The van der Waals surface area contributed by atoms with Crippen LogP contribution in [0.25, 0.3) is 10.4 Å². The second-order valence-corrected chi connectivity index (χ2v) is 25.4. The molecule has 35 heteroatoms. The maximum atomic E-state index is 13.8. The van der Waals surface area contributed by atoms with Crippen LogP contribution in [0, 0.1) is 12.3 Å². The number of esters is 1. The topological polar surface area (TPSA) is 367 Å². The molecule has 1 aromatic carbocycles. The second-order valence-electron chi connectivity index (χ2n) is 24.6. The Hall–Kier alpha value is -3.94. The third kappa shape index (κ3) is 55.2. The number of thiazole rings is 1. The summed E-state index contributed by atoms with van der Waals surface area (Å²) in [5.74, 6) is -1.94. The van der Waals surface area contributed by atoms with E-state index in [9.17, 15) is 24.3 Å².